The van der Waals surface area contributed by atoms with Crippen molar-refractivity contribution < 1.29 is 4.79 Å². The number of nitrogens with one attached hydrogen (secondary N) is 1. The molecule has 1 aliphatic rings. The fourth-order valence-electron chi connectivity index (χ4n) is 2.49. The van der Waals surface area contributed by atoms with Crippen LogP contribution < -0.4 is 10.2 Å². The number of fused-ring (bicyclic) bond motifs is 1. The van der Waals surface area contributed by atoms with Gasteiger partial charge in [0.2, 0.25) is 0 Å². The molecule has 0 radical (unpaired) electrons. The number of hydrogen-bond donors (Lipinski definition) is 1. The molecular formula is C16H15IN2O. The third kappa shape index (κ3) is 2.65. The van der Waals surface area contributed by atoms with Gasteiger partial charge in [-0.25, -0.2) is 4.79 Å². The van der Waals surface area contributed by atoms with Crippen molar-refractivity contribution in [3.63, 3.8) is 0 Å². The Morgan fingerprint density at radius 3 is 2.70 bits per heavy atom. The van der Waals surface area contributed by atoms with Crippen molar-refractivity contribution in [2.75, 3.05) is 16.8 Å². The Bertz CT molecular complexity index is 642. The second kappa shape index (κ2) is 5.83. The number of para-hydroxylation sites is 2. The Morgan fingerprint density at radius 1 is 1.10 bits per heavy atom. The first-order valence-corrected chi connectivity index (χ1v) is 7.74. The molecule has 3 nitrogen and oxygen atoms in total. The van der Waals surface area contributed by atoms with Crippen molar-refractivity contribution in [3.8, 4) is 0 Å². The molecule has 0 fully saturated rings. The smallest absolute Gasteiger partial charge is 0.306 e. The van der Waals surface area contributed by atoms with Crippen LogP contribution in [0.5, 0.6) is 0 Å². The number of carbonyl (C=O) groups excluding carboxylic acids is 1. The molecule has 0 aliphatic carbocycles. The van der Waals surface area contributed by atoms with Crippen LogP contribution in [0.25, 0.3) is 0 Å². The monoisotopic (exact) mass is 378 g/mol. The number of carbonyl (C=O) groups is 1. The Balaban J connectivity index is 1.84. The van der Waals surface area contributed by atoms with Gasteiger partial charge in [0.05, 0.1) is 5.69 Å². The molecule has 0 aromatic heterocycles. The Morgan fingerprint density at radius 2 is 1.85 bits per heavy atom. The second-order valence-corrected chi connectivity index (χ2v) is 5.96. The number of urea groups is 1. The van der Waals surface area contributed by atoms with Crippen LogP contribution >= 0.6 is 22.6 Å². The summed E-state index contributed by atoms with van der Waals surface area (Å²) in [5.74, 6) is 0. The number of anilines is 2. The molecule has 4 heteroatoms. The third-order valence-electron chi connectivity index (χ3n) is 3.47. The molecular weight excluding hydrogens is 363 g/mol. The number of nitrogens with zero attached hydrogens (tertiary/aromatic N) is 1. The standard InChI is InChI=1S/C16H15IN2O/c17-13-8-2-3-9-14(13)18-16(20)19-11-5-7-12-6-1-4-10-15(12)19/h1-4,6,8-10H,5,7,11H2,(H,18,20). The molecule has 2 amide bonds. The molecule has 0 saturated heterocycles. The lowest BCUT2D eigenvalue weighted by Crippen LogP contribution is -2.38. The quantitative estimate of drug-likeness (QED) is 0.739. The Labute approximate surface area is 132 Å². The lowest BCUT2D eigenvalue weighted by molar-refractivity contribution is 0.256. The molecule has 102 valence electrons. The van der Waals surface area contributed by atoms with E-state index in [0.717, 1.165) is 34.3 Å². The second-order valence-electron chi connectivity index (χ2n) is 4.79. The van der Waals surface area contributed by atoms with Gasteiger partial charge in [-0.1, -0.05) is 30.3 Å². The minimum atomic E-state index is -0.0544. The minimum Gasteiger partial charge on any atom is -0.306 e. The summed E-state index contributed by atoms with van der Waals surface area (Å²) in [6, 6.07) is 15.9. The topological polar surface area (TPSA) is 32.3 Å². The highest BCUT2D eigenvalue weighted by Gasteiger charge is 2.22. The number of hydrogen-bond acceptors (Lipinski definition) is 1. The number of halogens is 1. The predicted molar refractivity (Wildman–Crippen MR) is 90.3 cm³/mol. The summed E-state index contributed by atoms with van der Waals surface area (Å²) >= 11 is 2.23. The average Bonchev–Trinajstić information content (AvgIpc) is 2.49. The maximum atomic E-state index is 12.5. The van der Waals surface area contributed by atoms with E-state index in [1.54, 1.807) is 0 Å². The zero-order valence-electron chi connectivity index (χ0n) is 11.0. The van der Waals surface area contributed by atoms with Crippen LogP contribution in [0.2, 0.25) is 0 Å². The molecule has 0 bridgehead atoms. The van der Waals surface area contributed by atoms with Crippen molar-refractivity contribution >= 4 is 40.0 Å². The van der Waals surface area contributed by atoms with Crippen LogP contribution in [0.4, 0.5) is 16.2 Å². The van der Waals surface area contributed by atoms with Gasteiger partial charge >= 0.3 is 6.03 Å². The lowest BCUT2D eigenvalue weighted by atomic mass is 10.0. The van der Waals surface area contributed by atoms with Crippen LogP contribution in [-0.4, -0.2) is 12.6 Å². The molecule has 1 aliphatic heterocycles. The van der Waals surface area contributed by atoms with Crippen molar-refractivity contribution in [2.24, 2.45) is 0 Å². The molecule has 0 unspecified atom stereocenters. The van der Waals surface area contributed by atoms with Gasteiger partial charge in [0, 0.05) is 15.8 Å². The summed E-state index contributed by atoms with van der Waals surface area (Å²) in [6.45, 7) is 0.770. The Hall–Kier alpha value is -1.56. The zero-order chi connectivity index (χ0) is 13.9. The molecule has 0 atom stereocenters. The molecule has 0 spiro atoms. The molecule has 1 heterocycles. The number of amides is 2. The van der Waals surface area contributed by atoms with Crippen LogP contribution in [0, 0.1) is 3.57 Å². The van der Waals surface area contributed by atoms with Gasteiger partial charge in [0.15, 0.2) is 0 Å². The van der Waals surface area contributed by atoms with E-state index in [1.165, 1.54) is 5.56 Å². The van der Waals surface area contributed by atoms with E-state index < -0.39 is 0 Å². The van der Waals surface area contributed by atoms with Gasteiger partial charge in [0.25, 0.3) is 0 Å². The first-order chi connectivity index (χ1) is 9.75. The van der Waals surface area contributed by atoms with Gasteiger partial charge < -0.3 is 5.32 Å². The van der Waals surface area contributed by atoms with Gasteiger partial charge in [-0.3, -0.25) is 4.90 Å². The Kier molecular flexibility index (Phi) is 3.91. The van der Waals surface area contributed by atoms with Crippen molar-refractivity contribution in [3.05, 3.63) is 57.7 Å². The highest BCUT2D eigenvalue weighted by Crippen LogP contribution is 2.27. The molecule has 2 aromatic carbocycles. The summed E-state index contributed by atoms with van der Waals surface area (Å²) < 4.78 is 1.05. The maximum absolute atomic E-state index is 12.5. The largest absolute Gasteiger partial charge is 0.326 e. The fraction of sp³-hybridized carbons (Fsp3) is 0.188. The predicted octanol–water partition coefficient (Wildman–Crippen LogP) is 4.28. The van der Waals surface area contributed by atoms with E-state index in [9.17, 15) is 4.79 Å². The molecule has 0 saturated carbocycles. The summed E-state index contributed by atoms with van der Waals surface area (Å²) in [5, 5.41) is 3.00. The van der Waals surface area contributed by atoms with E-state index in [1.807, 2.05) is 47.4 Å². The summed E-state index contributed by atoms with van der Waals surface area (Å²) in [5.41, 5.74) is 3.14. The molecule has 20 heavy (non-hydrogen) atoms. The van der Waals surface area contributed by atoms with Crippen LogP contribution in [0.3, 0.4) is 0 Å². The average molecular weight is 378 g/mol. The molecule has 1 N–H and O–H groups in total. The third-order valence-corrected chi connectivity index (χ3v) is 4.41. The fourth-order valence-corrected chi connectivity index (χ4v) is 3.01. The summed E-state index contributed by atoms with van der Waals surface area (Å²) in [6.07, 6.45) is 2.05. The zero-order valence-corrected chi connectivity index (χ0v) is 13.1. The number of rotatable bonds is 1. The van der Waals surface area contributed by atoms with Crippen molar-refractivity contribution in [2.45, 2.75) is 12.8 Å². The number of aryl methyl sites for hydroxylation is 1. The molecule has 3 rings (SSSR count). The SMILES string of the molecule is O=C(Nc1ccccc1I)N1CCCc2ccccc21. The highest BCUT2D eigenvalue weighted by molar-refractivity contribution is 14.1. The van der Waals surface area contributed by atoms with E-state index in [-0.39, 0.29) is 6.03 Å². The first kappa shape index (κ1) is 13.4. The van der Waals surface area contributed by atoms with E-state index in [0.29, 0.717) is 0 Å². The van der Waals surface area contributed by atoms with E-state index in [2.05, 4.69) is 34.0 Å². The van der Waals surface area contributed by atoms with Crippen molar-refractivity contribution in [1.82, 2.24) is 0 Å². The van der Waals surface area contributed by atoms with Crippen molar-refractivity contribution in [1.29, 1.82) is 0 Å². The lowest BCUT2D eigenvalue weighted by Gasteiger charge is -2.29. The highest BCUT2D eigenvalue weighted by atomic mass is 127. The van der Waals surface area contributed by atoms with E-state index >= 15 is 0 Å². The normalized spacial score (nSPS) is 13.8. The minimum absolute atomic E-state index is 0.0544. The van der Waals surface area contributed by atoms with Crippen LogP contribution in [-0.2, 0) is 6.42 Å². The van der Waals surface area contributed by atoms with Gasteiger partial charge in [-0.15, -0.1) is 0 Å². The molecule has 2 aromatic rings. The van der Waals surface area contributed by atoms with E-state index in [4.69, 9.17) is 0 Å². The van der Waals surface area contributed by atoms with Gasteiger partial charge in [-0.05, 0) is 59.2 Å². The van der Waals surface area contributed by atoms with Gasteiger partial charge in [0.1, 0.15) is 0 Å². The van der Waals surface area contributed by atoms with Crippen LogP contribution in [0.1, 0.15) is 12.0 Å². The summed E-state index contributed by atoms with van der Waals surface area (Å²) in [7, 11) is 0. The first-order valence-electron chi connectivity index (χ1n) is 6.66. The van der Waals surface area contributed by atoms with Crippen LogP contribution in [0.15, 0.2) is 48.5 Å². The van der Waals surface area contributed by atoms with Gasteiger partial charge in [-0.2, -0.15) is 0 Å². The maximum Gasteiger partial charge on any atom is 0.326 e. The number of benzene rings is 2. The summed E-state index contributed by atoms with van der Waals surface area (Å²) in [4.78, 5) is 14.3.